The molecule has 0 N–H and O–H groups in total. The minimum Gasteiger partial charge on any atom is -0.311 e. The molecular formula is C24H28N4. The van der Waals surface area contributed by atoms with Gasteiger partial charge in [0.1, 0.15) is 5.82 Å². The molecule has 0 atom stereocenters. The number of nitrogens with zero attached hydrogens (tertiary/aromatic N) is 4. The molecule has 0 amide bonds. The van der Waals surface area contributed by atoms with Crippen molar-refractivity contribution in [3.8, 4) is 11.4 Å². The van der Waals surface area contributed by atoms with Crippen LogP contribution in [0.15, 0.2) is 53.5 Å². The van der Waals surface area contributed by atoms with E-state index < -0.39 is 0 Å². The summed E-state index contributed by atoms with van der Waals surface area (Å²) in [5.41, 5.74) is 4.67. The average molecular weight is 373 g/mol. The molecule has 144 valence electrons. The molecule has 0 unspecified atom stereocenters. The van der Waals surface area contributed by atoms with Gasteiger partial charge in [-0.2, -0.15) is 0 Å². The van der Waals surface area contributed by atoms with Gasteiger partial charge in [0.2, 0.25) is 0 Å². The van der Waals surface area contributed by atoms with E-state index in [0.29, 0.717) is 0 Å². The molecule has 0 aliphatic carbocycles. The first-order chi connectivity index (χ1) is 13.5. The molecule has 1 aromatic heterocycles. The van der Waals surface area contributed by atoms with Crippen molar-refractivity contribution in [2.24, 2.45) is 4.99 Å². The van der Waals surface area contributed by atoms with Crippen LogP contribution in [0.1, 0.15) is 57.0 Å². The van der Waals surface area contributed by atoms with Crippen LogP contribution in [0.5, 0.6) is 0 Å². The van der Waals surface area contributed by atoms with Crippen LogP contribution in [-0.2, 0) is 18.4 Å². The lowest BCUT2D eigenvalue weighted by Crippen LogP contribution is -2.10. The number of hydrogen-bond donors (Lipinski definition) is 0. The molecule has 4 nitrogen and oxygen atoms in total. The molecule has 4 rings (SSSR count). The second kappa shape index (κ2) is 7.70. The molecule has 0 bridgehead atoms. The molecule has 0 radical (unpaired) electrons. The highest BCUT2D eigenvalue weighted by molar-refractivity contribution is 5.82. The zero-order chi connectivity index (χ0) is 19.6. The third-order valence-corrected chi connectivity index (χ3v) is 5.37. The summed E-state index contributed by atoms with van der Waals surface area (Å²) < 4.78 is 2.28. The van der Waals surface area contributed by atoms with E-state index in [0.717, 1.165) is 41.4 Å². The fraction of sp³-hybridized carbons (Fsp3) is 0.375. The molecule has 0 saturated carbocycles. The number of benzene rings is 2. The summed E-state index contributed by atoms with van der Waals surface area (Å²) >= 11 is 0. The largest absolute Gasteiger partial charge is 0.311 e. The van der Waals surface area contributed by atoms with Crippen LogP contribution in [-0.4, -0.2) is 21.0 Å². The lowest BCUT2D eigenvalue weighted by atomic mass is 9.87. The van der Waals surface area contributed by atoms with Crippen LogP contribution in [0.3, 0.4) is 0 Å². The quantitative estimate of drug-likeness (QED) is 0.552. The first kappa shape index (κ1) is 18.6. The Morgan fingerprint density at radius 1 is 0.893 bits per heavy atom. The van der Waals surface area contributed by atoms with Gasteiger partial charge < -0.3 is 4.57 Å². The SMILES string of the molecule is CC(C)(C)c1ccc(C=Nc2ccc(-c3nnc4n3CCCCC4)cc2)cc1. The molecule has 0 fully saturated rings. The second-order valence-corrected chi connectivity index (χ2v) is 8.58. The van der Waals surface area contributed by atoms with Crippen LogP contribution >= 0.6 is 0 Å². The van der Waals surface area contributed by atoms with E-state index in [-0.39, 0.29) is 5.41 Å². The standard InChI is InChI=1S/C24H28N4/c1-24(2,3)20-12-8-18(9-13-20)17-25-21-14-10-19(11-15-21)23-27-26-22-7-5-4-6-16-28(22)23/h8-15,17H,4-7,16H2,1-3H3. The Balaban J connectivity index is 1.49. The van der Waals surface area contributed by atoms with E-state index in [1.54, 1.807) is 0 Å². The van der Waals surface area contributed by atoms with Crippen molar-refractivity contribution in [2.45, 2.75) is 58.4 Å². The summed E-state index contributed by atoms with van der Waals surface area (Å²) in [5.74, 6) is 2.10. The highest BCUT2D eigenvalue weighted by Crippen LogP contribution is 2.25. The highest BCUT2D eigenvalue weighted by atomic mass is 15.3. The number of aliphatic imine (C=N–C) groups is 1. The van der Waals surface area contributed by atoms with Crippen molar-refractivity contribution < 1.29 is 0 Å². The predicted octanol–water partition coefficient (Wildman–Crippen LogP) is 5.72. The van der Waals surface area contributed by atoms with Crippen molar-refractivity contribution in [1.29, 1.82) is 0 Å². The van der Waals surface area contributed by atoms with Gasteiger partial charge in [-0.1, -0.05) is 51.5 Å². The van der Waals surface area contributed by atoms with Crippen LogP contribution in [0.25, 0.3) is 11.4 Å². The lowest BCUT2D eigenvalue weighted by Gasteiger charge is -2.18. The zero-order valence-corrected chi connectivity index (χ0v) is 17.0. The fourth-order valence-electron chi connectivity index (χ4n) is 3.61. The summed E-state index contributed by atoms with van der Waals surface area (Å²) in [5, 5.41) is 8.83. The number of rotatable bonds is 3. The number of aryl methyl sites for hydroxylation is 1. The topological polar surface area (TPSA) is 43.1 Å². The third-order valence-electron chi connectivity index (χ3n) is 5.37. The maximum absolute atomic E-state index is 4.63. The molecule has 1 aliphatic heterocycles. The van der Waals surface area contributed by atoms with Gasteiger partial charge in [-0.05, 0) is 53.6 Å². The molecule has 1 aliphatic rings. The molecule has 2 heterocycles. The van der Waals surface area contributed by atoms with E-state index >= 15 is 0 Å². The highest BCUT2D eigenvalue weighted by Gasteiger charge is 2.16. The fourth-order valence-corrected chi connectivity index (χ4v) is 3.61. The molecule has 4 heteroatoms. The van der Waals surface area contributed by atoms with Gasteiger partial charge in [-0.25, -0.2) is 0 Å². The maximum atomic E-state index is 4.63. The van der Waals surface area contributed by atoms with Crippen molar-refractivity contribution in [3.63, 3.8) is 0 Å². The van der Waals surface area contributed by atoms with Gasteiger partial charge in [-0.15, -0.1) is 10.2 Å². The van der Waals surface area contributed by atoms with E-state index in [1.807, 2.05) is 18.3 Å². The van der Waals surface area contributed by atoms with Crippen LogP contribution in [0, 0.1) is 0 Å². The third kappa shape index (κ3) is 4.06. The molecular weight excluding hydrogens is 344 g/mol. The van der Waals surface area contributed by atoms with Crippen molar-refractivity contribution >= 4 is 11.9 Å². The Morgan fingerprint density at radius 3 is 2.36 bits per heavy atom. The van der Waals surface area contributed by atoms with E-state index in [1.165, 1.54) is 24.8 Å². The normalized spacial score (nSPS) is 14.8. The van der Waals surface area contributed by atoms with Gasteiger partial charge in [0.25, 0.3) is 0 Å². The monoisotopic (exact) mass is 372 g/mol. The molecule has 0 spiro atoms. The van der Waals surface area contributed by atoms with Crippen LogP contribution < -0.4 is 0 Å². The van der Waals surface area contributed by atoms with Crippen molar-refractivity contribution in [2.75, 3.05) is 0 Å². The van der Waals surface area contributed by atoms with E-state index in [2.05, 4.69) is 76.9 Å². The van der Waals surface area contributed by atoms with E-state index in [4.69, 9.17) is 0 Å². The van der Waals surface area contributed by atoms with Crippen LogP contribution in [0.4, 0.5) is 5.69 Å². The first-order valence-electron chi connectivity index (χ1n) is 10.2. The van der Waals surface area contributed by atoms with Gasteiger partial charge >= 0.3 is 0 Å². The van der Waals surface area contributed by atoms with Gasteiger partial charge in [0, 0.05) is 24.7 Å². The minimum atomic E-state index is 0.172. The predicted molar refractivity (Wildman–Crippen MR) is 115 cm³/mol. The minimum absolute atomic E-state index is 0.172. The Bertz CT molecular complexity index is 957. The zero-order valence-electron chi connectivity index (χ0n) is 17.0. The first-order valence-corrected chi connectivity index (χ1v) is 10.2. The maximum Gasteiger partial charge on any atom is 0.163 e. The molecule has 0 saturated heterocycles. The number of hydrogen-bond acceptors (Lipinski definition) is 3. The van der Waals surface area contributed by atoms with Crippen molar-refractivity contribution in [1.82, 2.24) is 14.8 Å². The molecule has 3 aromatic rings. The molecule has 2 aromatic carbocycles. The van der Waals surface area contributed by atoms with E-state index in [9.17, 15) is 0 Å². The Hall–Kier alpha value is -2.75. The average Bonchev–Trinajstić information content (AvgIpc) is 2.94. The second-order valence-electron chi connectivity index (χ2n) is 8.58. The smallest absolute Gasteiger partial charge is 0.163 e. The lowest BCUT2D eigenvalue weighted by molar-refractivity contribution is 0.590. The summed E-state index contributed by atoms with van der Waals surface area (Å²) in [7, 11) is 0. The van der Waals surface area contributed by atoms with Gasteiger partial charge in [0.15, 0.2) is 5.82 Å². The number of fused-ring (bicyclic) bond motifs is 1. The summed E-state index contributed by atoms with van der Waals surface area (Å²) in [6, 6.07) is 16.9. The summed E-state index contributed by atoms with van der Waals surface area (Å²) in [6.07, 6.45) is 6.64. The van der Waals surface area contributed by atoms with Crippen LogP contribution in [0.2, 0.25) is 0 Å². The Labute approximate surface area is 167 Å². The van der Waals surface area contributed by atoms with Gasteiger partial charge in [-0.3, -0.25) is 4.99 Å². The van der Waals surface area contributed by atoms with Crippen molar-refractivity contribution in [3.05, 3.63) is 65.5 Å². The Kier molecular flexibility index (Phi) is 5.12. The Morgan fingerprint density at radius 2 is 1.64 bits per heavy atom. The summed E-state index contributed by atoms with van der Waals surface area (Å²) in [4.78, 5) is 4.63. The molecule has 28 heavy (non-hydrogen) atoms. The number of aromatic nitrogens is 3. The summed E-state index contributed by atoms with van der Waals surface area (Å²) in [6.45, 7) is 7.70. The van der Waals surface area contributed by atoms with Gasteiger partial charge in [0.05, 0.1) is 5.69 Å².